The first-order valence-corrected chi connectivity index (χ1v) is 9.68. The number of methoxy groups -OCH3 is 2. The van der Waals surface area contributed by atoms with Gasteiger partial charge in [-0.25, -0.2) is 8.42 Å². The van der Waals surface area contributed by atoms with Crippen molar-refractivity contribution in [1.82, 2.24) is 10.2 Å². The number of carbonyl (C=O) groups excluding carboxylic acids is 1. The molecule has 0 fully saturated rings. The molecule has 1 heterocycles. The minimum absolute atomic E-state index is 0.0242. The SMILES string of the molecule is COc1ccc(C=C(C#N)C(=O)Nc2nnc(S(C)(=O)=O)s2)cc1OC. The van der Waals surface area contributed by atoms with Crippen LogP contribution in [0, 0.1) is 11.3 Å². The third-order valence-electron chi connectivity index (χ3n) is 3.03. The van der Waals surface area contributed by atoms with Crippen molar-refractivity contribution in [3.63, 3.8) is 0 Å². The average Bonchev–Trinajstić information content (AvgIpc) is 3.08. The van der Waals surface area contributed by atoms with Gasteiger partial charge >= 0.3 is 0 Å². The summed E-state index contributed by atoms with van der Waals surface area (Å²) in [6, 6.07) is 6.69. The van der Waals surface area contributed by atoms with Gasteiger partial charge in [0.25, 0.3) is 5.91 Å². The van der Waals surface area contributed by atoms with Crippen LogP contribution >= 0.6 is 11.3 Å². The largest absolute Gasteiger partial charge is 0.493 e. The molecule has 9 nitrogen and oxygen atoms in total. The lowest BCUT2D eigenvalue weighted by Gasteiger charge is -2.08. The topological polar surface area (TPSA) is 131 Å². The van der Waals surface area contributed by atoms with E-state index in [1.807, 2.05) is 0 Å². The molecule has 1 amide bonds. The van der Waals surface area contributed by atoms with Crippen molar-refractivity contribution in [1.29, 1.82) is 5.26 Å². The third-order valence-corrected chi connectivity index (χ3v) is 5.54. The molecule has 1 aromatic heterocycles. The second-order valence-corrected chi connectivity index (χ2v) is 8.05. The lowest BCUT2D eigenvalue weighted by molar-refractivity contribution is -0.112. The average molecular weight is 394 g/mol. The highest BCUT2D eigenvalue weighted by molar-refractivity contribution is 7.92. The summed E-state index contributed by atoms with van der Waals surface area (Å²) >= 11 is 0.698. The molecule has 0 bridgehead atoms. The van der Waals surface area contributed by atoms with Crippen molar-refractivity contribution in [2.45, 2.75) is 4.34 Å². The van der Waals surface area contributed by atoms with Crippen molar-refractivity contribution >= 4 is 38.3 Å². The first-order valence-electron chi connectivity index (χ1n) is 6.97. The minimum atomic E-state index is -3.52. The van der Waals surface area contributed by atoms with Crippen LogP contribution in [0.5, 0.6) is 11.5 Å². The number of hydrogen-bond donors (Lipinski definition) is 1. The van der Waals surface area contributed by atoms with Gasteiger partial charge in [0.2, 0.25) is 19.3 Å². The summed E-state index contributed by atoms with van der Waals surface area (Å²) in [5.74, 6) is 0.217. The zero-order valence-electron chi connectivity index (χ0n) is 14.0. The number of benzene rings is 1. The third kappa shape index (κ3) is 4.56. The summed E-state index contributed by atoms with van der Waals surface area (Å²) in [4.78, 5) is 12.2. The number of amides is 1. The van der Waals surface area contributed by atoms with Crippen molar-refractivity contribution in [2.24, 2.45) is 0 Å². The summed E-state index contributed by atoms with van der Waals surface area (Å²) in [5.41, 5.74) is 0.344. The van der Waals surface area contributed by atoms with E-state index >= 15 is 0 Å². The van der Waals surface area contributed by atoms with Gasteiger partial charge in [0.05, 0.1) is 14.2 Å². The molecule has 0 saturated heterocycles. The zero-order chi connectivity index (χ0) is 19.3. The van der Waals surface area contributed by atoms with Crippen LogP contribution in [0.1, 0.15) is 5.56 Å². The fraction of sp³-hybridized carbons (Fsp3) is 0.200. The maximum atomic E-state index is 12.2. The van der Waals surface area contributed by atoms with E-state index in [1.165, 1.54) is 20.3 Å². The van der Waals surface area contributed by atoms with Crippen LogP contribution in [0.2, 0.25) is 0 Å². The van der Waals surface area contributed by atoms with Gasteiger partial charge in [0, 0.05) is 6.26 Å². The fourth-order valence-corrected chi connectivity index (χ4v) is 3.34. The van der Waals surface area contributed by atoms with Gasteiger partial charge in [-0.3, -0.25) is 10.1 Å². The van der Waals surface area contributed by atoms with Crippen molar-refractivity contribution in [2.75, 3.05) is 25.8 Å². The molecule has 0 unspecified atom stereocenters. The highest BCUT2D eigenvalue weighted by Gasteiger charge is 2.17. The normalized spacial score (nSPS) is 11.5. The number of nitrogens with one attached hydrogen (secondary N) is 1. The predicted molar refractivity (Wildman–Crippen MR) is 94.8 cm³/mol. The van der Waals surface area contributed by atoms with Crippen LogP contribution in [0.3, 0.4) is 0 Å². The fourth-order valence-electron chi connectivity index (χ4n) is 1.83. The van der Waals surface area contributed by atoms with Crippen LogP contribution in [0.25, 0.3) is 6.08 Å². The van der Waals surface area contributed by atoms with Crippen LogP contribution in [-0.4, -0.2) is 45.0 Å². The molecule has 2 rings (SSSR count). The van der Waals surface area contributed by atoms with Gasteiger partial charge in [0.1, 0.15) is 11.6 Å². The Bertz CT molecular complexity index is 1010. The molecule has 136 valence electrons. The highest BCUT2D eigenvalue weighted by atomic mass is 32.2. The summed E-state index contributed by atoms with van der Waals surface area (Å²) in [6.07, 6.45) is 2.34. The number of rotatable bonds is 6. The Morgan fingerprint density at radius 1 is 1.27 bits per heavy atom. The van der Waals surface area contributed by atoms with E-state index in [-0.39, 0.29) is 15.0 Å². The lowest BCUT2D eigenvalue weighted by atomic mass is 10.1. The molecule has 0 atom stereocenters. The van der Waals surface area contributed by atoms with E-state index in [2.05, 4.69) is 15.5 Å². The molecule has 0 aliphatic rings. The first-order chi connectivity index (χ1) is 12.3. The molecule has 0 saturated carbocycles. The van der Waals surface area contributed by atoms with E-state index in [0.29, 0.717) is 28.4 Å². The zero-order valence-corrected chi connectivity index (χ0v) is 15.6. The maximum Gasteiger partial charge on any atom is 0.268 e. The van der Waals surface area contributed by atoms with E-state index in [9.17, 15) is 18.5 Å². The lowest BCUT2D eigenvalue weighted by Crippen LogP contribution is -2.13. The Balaban J connectivity index is 2.25. The van der Waals surface area contributed by atoms with E-state index in [4.69, 9.17) is 9.47 Å². The summed E-state index contributed by atoms with van der Waals surface area (Å²) < 4.78 is 32.8. The smallest absolute Gasteiger partial charge is 0.268 e. The predicted octanol–water partition coefficient (Wildman–Crippen LogP) is 1.50. The molecular weight excluding hydrogens is 380 g/mol. The Kier molecular flexibility index (Phi) is 5.91. The quantitative estimate of drug-likeness (QED) is 0.443. The van der Waals surface area contributed by atoms with Crippen molar-refractivity contribution in [3.05, 3.63) is 29.3 Å². The molecule has 0 radical (unpaired) electrons. The Morgan fingerprint density at radius 2 is 1.96 bits per heavy atom. The number of ether oxygens (including phenoxy) is 2. The monoisotopic (exact) mass is 394 g/mol. The number of hydrogen-bond acceptors (Lipinski definition) is 9. The Morgan fingerprint density at radius 3 is 2.50 bits per heavy atom. The summed E-state index contributed by atoms with van der Waals surface area (Å²) in [5, 5.41) is 18.6. The van der Waals surface area contributed by atoms with Crippen LogP contribution in [-0.2, 0) is 14.6 Å². The summed E-state index contributed by atoms with van der Waals surface area (Å²) in [7, 11) is -0.554. The molecule has 2 aromatic rings. The van der Waals surface area contributed by atoms with E-state index < -0.39 is 15.7 Å². The molecule has 1 N–H and O–H groups in total. The van der Waals surface area contributed by atoms with Crippen LogP contribution < -0.4 is 14.8 Å². The number of sulfone groups is 1. The number of nitrogens with zero attached hydrogens (tertiary/aromatic N) is 3. The van der Waals surface area contributed by atoms with Gasteiger partial charge in [-0.15, -0.1) is 10.2 Å². The first kappa shape index (κ1) is 19.4. The Labute approximate surface area is 153 Å². The molecule has 0 aliphatic heterocycles. The van der Waals surface area contributed by atoms with E-state index in [0.717, 1.165) is 6.26 Å². The molecule has 11 heteroatoms. The molecule has 1 aromatic carbocycles. The molecule has 0 spiro atoms. The molecule has 26 heavy (non-hydrogen) atoms. The molecule has 0 aliphatic carbocycles. The molecular formula is C15H14N4O5S2. The minimum Gasteiger partial charge on any atom is -0.493 e. The van der Waals surface area contributed by atoms with Crippen molar-refractivity contribution < 1.29 is 22.7 Å². The second-order valence-electron chi connectivity index (χ2n) is 4.88. The number of nitriles is 1. The maximum absolute atomic E-state index is 12.2. The highest BCUT2D eigenvalue weighted by Crippen LogP contribution is 2.28. The van der Waals surface area contributed by atoms with E-state index in [1.54, 1.807) is 24.3 Å². The number of aromatic nitrogens is 2. The van der Waals surface area contributed by atoms with Gasteiger partial charge in [0.15, 0.2) is 11.5 Å². The standard InChI is InChI=1S/C15H14N4O5S2/c1-23-11-5-4-9(7-12(11)24-2)6-10(8-16)13(20)17-14-18-19-15(25-14)26(3,21)22/h4-7H,1-3H3,(H,17,18,20). The van der Waals surface area contributed by atoms with Crippen molar-refractivity contribution in [3.8, 4) is 17.6 Å². The number of anilines is 1. The van der Waals surface area contributed by atoms with Crippen LogP contribution in [0.15, 0.2) is 28.1 Å². The van der Waals surface area contributed by atoms with Gasteiger partial charge in [-0.05, 0) is 23.8 Å². The number of carbonyl (C=O) groups is 1. The summed E-state index contributed by atoms with van der Waals surface area (Å²) in [6.45, 7) is 0. The van der Waals surface area contributed by atoms with Gasteiger partial charge < -0.3 is 9.47 Å². The van der Waals surface area contributed by atoms with Gasteiger partial charge in [-0.2, -0.15) is 5.26 Å². The Hall–Kier alpha value is -2.97. The van der Waals surface area contributed by atoms with Gasteiger partial charge in [-0.1, -0.05) is 17.4 Å². The second kappa shape index (κ2) is 7.94. The van der Waals surface area contributed by atoms with Crippen LogP contribution in [0.4, 0.5) is 5.13 Å².